The molecule has 168 valence electrons. The molecule has 33 heavy (non-hydrogen) atoms. The summed E-state index contributed by atoms with van der Waals surface area (Å²) in [5, 5.41) is 0.222. The number of amides is 1. The minimum atomic E-state index is -0.112. The molecule has 2 aliphatic rings. The predicted molar refractivity (Wildman–Crippen MR) is 127 cm³/mol. The van der Waals surface area contributed by atoms with Crippen LogP contribution in [-0.4, -0.2) is 59.3 Å². The Hall–Kier alpha value is -3.58. The molecule has 1 atom stereocenters. The van der Waals surface area contributed by atoms with E-state index < -0.39 is 0 Å². The van der Waals surface area contributed by atoms with Crippen LogP contribution in [0.25, 0.3) is 0 Å². The van der Waals surface area contributed by atoms with Gasteiger partial charge in [0.25, 0.3) is 5.91 Å². The summed E-state index contributed by atoms with van der Waals surface area (Å²) >= 11 is 6.17. The topological polar surface area (TPSA) is 67.3 Å². The van der Waals surface area contributed by atoms with Gasteiger partial charge in [0.15, 0.2) is 17.2 Å². The van der Waals surface area contributed by atoms with E-state index in [0.717, 1.165) is 17.1 Å². The number of hydrogen-bond acceptors (Lipinski definition) is 6. The van der Waals surface area contributed by atoms with Crippen molar-refractivity contribution in [3.8, 4) is 17.2 Å². The second-order valence-corrected chi connectivity index (χ2v) is 8.34. The molecule has 0 saturated carbocycles. The molecule has 8 heteroatoms. The van der Waals surface area contributed by atoms with Crippen molar-refractivity contribution < 1.29 is 14.3 Å². The van der Waals surface area contributed by atoms with Crippen molar-refractivity contribution in [3.63, 3.8) is 0 Å². The monoisotopic (exact) mass is 462 g/mol. The first kappa shape index (κ1) is 21.3. The summed E-state index contributed by atoms with van der Waals surface area (Å²) in [5.74, 6) is 2.64. The molecular formula is C25H23ClN4O3. The van der Waals surface area contributed by atoms with Crippen LogP contribution in [-0.2, 0) is 0 Å². The lowest BCUT2D eigenvalue weighted by Crippen LogP contribution is -2.55. The number of piperazine rings is 1. The molecule has 2 aromatic carbocycles. The summed E-state index contributed by atoms with van der Waals surface area (Å²) in [6, 6.07) is 16.9. The van der Waals surface area contributed by atoms with Crippen molar-refractivity contribution >= 4 is 29.0 Å². The summed E-state index contributed by atoms with van der Waals surface area (Å²) in [4.78, 5) is 26.2. The molecule has 1 amide bonds. The van der Waals surface area contributed by atoms with Gasteiger partial charge in [-0.05, 0) is 43.3 Å². The van der Waals surface area contributed by atoms with Crippen molar-refractivity contribution in [2.24, 2.45) is 4.99 Å². The van der Waals surface area contributed by atoms with Gasteiger partial charge in [-0.2, -0.15) is 0 Å². The van der Waals surface area contributed by atoms with Crippen LogP contribution in [0.5, 0.6) is 17.2 Å². The Balaban J connectivity index is 1.48. The summed E-state index contributed by atoms with van der Waals surface area (Å²) in [7, 11) is 1.63. The van der Waals surface area contributed by atoms with E-state index in [9.17, 15) is 4.79 Å². The molecule has 0 N–H and O–H groups in total. The highest BCUT2D eigenvalue weighted by Gasteiger charge is 2.33. The molecule has 5 rings (SSSR count). The quantitative estimate of drug-likeness (QED) is 0.513. The second-order valence-electron chi connectivity index (χ2n) is 7.98. The molecule has 1 fully saturated rings. The fourth-order valence-electron chi connectivity index (χ4n) is 4.27. The van der Waals surface area contributed by atoms with E-state index in [1.807, 2.05) is 54.3 Å². The molecule has 1 saturated heterocycles. The number of fused-ring (bicyclic) bond motifs is 2. The van der Waals surface area contributed by atoms with E-state index in [0.29, 0.717) is 42.4 Å². The third-order valence-corrected chi connectivity index (χ3v) is 6.22. The smallest absolute Gasteiger partial charge is 0.257 e. The number of carbonyl (C=O) groups is 1. The number of aliphatic imine (C=N–C) groups is 1. The van der Waals surface area contributed by atoms with Crippen molar-refractivity contribution in [1.29, 1.82) is 0 Å². The van der Waals surface area contributed by atoms with Gasteiger partial charge in [-0.3, -0.25) is 4.79 Å². The highest BCUT2D eigenvalue weighted by atomic mass is 35.5. The van der Waals surface area contributed by atoms with Crippen molar-refractivity contribution in [1.82, 2.24) is 14.8 Å². The Kier molecular flexibility index (Phi) is 5.64. The molecule has 0 radical (unpaired) electrons. The number of benzene rings is 2. The van der Waals surface area contributed by atoms with Crippen LogP contribution in [0.3, 0.4) is 0 Å². The van der Waals surface area contributed by atoms with Crippen molar-refractivity contribution in [3.05, 3.63) is 77.1 Å². The minimum Gasteiger partial charge on any atom is -0.493 e. The van der Waals surface area contributed by atoms with Gasteiger partial charge in [0.2, 0.25) is 0 Å². The fourth-order valence-corrected chi connectivity index (χ4v) is 4.47. The van der Waals surface area contributed by atoms with Gasteiger partial charge in [0.1, 0.15) is 16.7 Å². The molecular weight excluding hydrogens is 440 g/mol. The minimum absolute atomic E-state index is 0.0568. The number of pyridine rings is 1. The number of aromatic nitrogens is 1. The Bertz CT molecular complexity index is 1250. The number of ether oxygens (including phenoxy) is 2. The number of amidine groups is 1. The van der Waals surface area contributed by atoms with Crippen LogP contribution >= 0.6 is 11.6 Å². The second kappa shape index (κ2) is 8.75. The van der Waals surface area contributed by atoms with Crippen LogP contribution in [0.1, 0.15) is 22.8 Å². The van der Waals surface area contributed by atoms with Gasteiger partial charge < -0.3 is 19.3 Å². The lowest BCUT2D eigenvalue weighted by atomic mass is 10.1. The van der Waals surface area contributed by atoms with Crippen LogP contribution in [0, 0.1) is 0 Å². The molecule has 0 bridgehead atoms. The third kappa shape index (κ3) is 3.89. The van der Waals surface area contributed by atoms with Gasteiger partial charge in [-0.1, -0.05) is 29.8 Å². The first-order valence-electron chi connectivity index (χ1n) is 10.8. The average Bonchev–Trinajstić information content (AvgIpc) is 3.00. The number of halogens is 1. The number of hydrogen-bond donors (Lipinski definition) is 0. The van der Waals surface area contributed by atoms with Gasteiger partial charge in [0, 0.05) is 31.9 Å². The van der Waals surface area contributed by atoms with E-state index >= 15 is 0 Å². The fraction of sp³-hybridized carbons (Fsp3) is 0.240. The zero-order valence-corrected chi connectivity index (χ0v) is 19.1. The first-order valence-corrected chi connectivity index (χ1v) is 11.1. The normalized spacial score (nSPS) is 17.3. The summed E-state index contributed by atoms with van der Waals surface area (Å²) in [6.45, 7) is 3.79. The van der Waals surface area contributed by atoms with Crippen molar-refractivity contribution in [2.45, 2.75) is 13.0 Å². The molecule has 0 aliphatic carbocycles. The molecule has 0 unspecified atom stereocenters. The molecule has 0 spiro atoms. The van der Waals surface area contributed by atoms with E-state index in [2.05, 4.69) is 9.88 Å². The lowest BCUT2D eigenvalue weighted by Gasteiger charge is -2.41. The maximum Gasteiger partial charge on any atom is 0.257 e. The van der Waals surface area contributed by atoms with E-state index in [1.165, 1.54) is 0 Å². The predicted octanol–water partition coefficient (Wildman–Crippen LogP) is 4.77. The maximum absolute atomic E-state index is 13.1. The summed E-state index contributed by atoms with van der Waals surface area (Å²) in [5.41, 5.74) is 2.02. The Morgan fingerprint density at radius 3 is 2.76 bits per heavy atom. The van der Waals surface area contributed by atoms with Crippen LogP contribution < -0.4 is 9.47 Å². The number of methoxy groups -OCH3 is 1. The Labute approximate surface area is 197 Å². The standard InChI is InChI=1S/C25H23ClN4O3/c1-16-15-29(13-14-30(16)25(31)18-8-6-12-27-23(18)26)24-17-7-5-11-21(32-2)22(17)33-20-10-4-3-9-19(20)28-24/h3-12,16H,13-15H2,1-2H3/t16-/m1/s1. The Morgan fingerprint density at radius 1 is 1.12 bits per heavy atom. The maximum atomic E-state index is 13.1. The molecule has 7 nitrogen and oxygen atoms in total. The van der Waals surface area contributed by atoms with E-state index in [4.69, 9.17) is 26.1 Å². The SMILES string of the molecule is COc1cccc2c1Oc1ccccc1N=C2N1CCN(C(=O)c2cccnc2Cl)[C@H](C)C1. The number of nitrogens with zero attached hydrogens (tertiary/aromatic N) is 4. The number of rotatable bonds is 2. The highest BCUT2D eigenvalue weighted by Crippen LogP contribution is 2.42. The number of para-hydroxylation sites is 3. The first-order chi connectivity index (χ1) is 16.1. The lowest BCUT2D eigenvalue weighted by molar-refractivity contribution is 0.0581. The van der Waals surface area contributed by atoms with Crippen LogP contribution in [0.2, 0.25) is 5.15 Å². The zero-order chi connectivity index (χ0) is 22.9. The Morgan fingerprint density at radius 2 is 1.97 bits per heavy atom. The van der Waals surface area contributed by atoms with Crippen LogP contribution in [0.4, 0.5) is 5.69 Å². The largest absolute Gasteiger partial charge is 0.493 e. The average molecular weight is 463 g/mol. The number of carbonyl (C=O) groups excluding carboxylic acids is 1. The molecule has 2 aliphatic heterocycles. The van der Waals surface area contributed by atoms with Gasteiger partial charge in [-0.15, -0.1) is 0 Å². The van der Waals surface area contributed by atoms with Crippen molar-refractivity contribution in [2.75, 3.05) is 26.7 Å². The molecule has 3 heterocycles. The zero-order valence-electron chi connectivity index (χ0n) is 18.4. The van der Waals surface area contributed by atoms with E-state index in [1.54, 1.807) is 25.4 Å². The van der Waals surface area contributed by atoms with Gasteiger partial charge >= 0.3 is 0 Å². The van der Waals surface area contributed by atoms with E-state index in [-0.39, 0.29) is 17.1 Å². The molecule has 3 aromatic rings. The third-order valence-electron chi connectivity index (χ3n) is 5.92. The summed E-state index contributed by atoms with van der Waals surface area (Å²) < 4.78 is 11.8. The highest BCUT2D eigenvalue weighted by molar-refractivity contribution is 6.32. The van der Waals surface area contributed by atoms with Gasteiger partial charge in [0.05, 0.1) is 18.2 Å². The summed E-state index contributed by atoms with van der Waals surface area (Å²) in [6.07, 6.45) is 1.58. The molecule has 1 aromatic heterocycles. The van der Waals surface area contributed by atoms with Gasteiger partial charge in [-0.25, -0.2) is 9.98 Å². The van der Waals surface area contributed by atoms with Crippen LogP contribution in [0.15, 0.2) is 65.8 Å².